The summed E-state index contributed by atoms with van der Waals surface area (Å²) in [4.78, 5) is 25.3. The largest absolute Gasteiger partial charge is 0.489 e. The van der Waals surface area contributed by atoms with Crippen LogP contribution < -0.4 is 4.74 Å². The van der Waals surface area contributed by atoms with Crippen molar-refractivity contribution in [2.24, 2.45) is 5.92 Å². The minimum Gasteiger partial charge on any atom is -0.489 e. The van der Waals surface area contributed by atoms with Crippen LogP contribution in [-0.4, -0.2) is 31.6 Å². The summed E-state index contributed by atoms with van der Waals surface area (Å²) in [5.74, 6) is 0.517. The molecule has 5 heteroatoms. The van der Waals surface area contributed by atoms with E-state index in [1.807, 2.05) is 60.7 Å². The number of benzene rings is 2. The number of carbonyl (C=O) groups is 2. The third kappa shape index (κ3) is 4.02. The molecule has 5 nitrogen and oxygen atoms in total. The van der Waals surface area contributed by atoms with Crippen LogP contribution in [0.2, 0.25) is 0 Å². The van der Waals surface area contributed by atoms with Gasteiger partial charge in [0.15, 0.2) is 5.78 Å². The molecule has 0 radical (unpaired) electrons. The molecule has 0 spiro atoms. The molecule has 5 rings (SSSR count). The number of esters is 1. The number of hydrogen-bond acceptors (Lipinski definition) is 5. The molecule has 2 aliphatic carbocycles. The van der Waals surface area contributed by atoms with Crippen molar-refractivity contribution >= 4 is 11.8 Å². The first-order valence-electron chi connectivity index (χ1n) is 11.5. The van der Waals surface area contributed by atoms with Crippen LogP contribution in [0.5, 0.6) is 5.75 Å². The summed E-state index contributed by atoms with van der Waals surface area (Å²) in [5, 5.41) is 0. The van der Waals surface area contributed by atoms with Gasteiger partial charge in [0, 0.05) is 23.3 Å². The SMILES string of the molecule is C[C@]12CCC3=C(COC3=O)[C@@H]1CC(=O)c1c(OC/C=C\COCc3ccccc3)cccc12. The first kappa shape index (κ1) is 21.7. The zero-order valence-electron chi connectivity index (χ0n) is 18.8. The van der Waals surface area contributed by atoms with Crippen LogP contribution in [0.25, 0.3) is 0 Å². The molecule has 2 aromatic rings. The van der Waals surface area contributed by atoms with E-state index in [9.17, 15) is 9.59 Å². The molecule has 0 saturated heterocycles. The van der Waals surface area contributed by atoms with Gasteiger partial charge in [-0.3, -0.25) is 4.79 Å². The van der Waals surface area contributed by atoms with E-state index in [0.717, 1.165) is 28.7 Å². The molecular weight excluding hydrogens is 416 g/mol. The molecule has 33 heavy (non-hydrogen) atoms. The van der Waals surface area contributed by atoms with E-state index >= 15 is 0 Å². The van der Waals surface area contributed by atoms with Crippen molar-refractivity contribution in [1.82, 2.24) is 0 Å². The Morgan fingerprint density at radius 1 is 1.06 bits per heavy atom. The molecule has 1 aliphatic heterocycles. The Hall–Kier alpha value is -3.18. The minimum absolute atomic E-state index is 0.0182. The van der Waals surface area contributed by atoms with E-state index in [1.54, 1.807) is 0 Å². The van der Waals surface area contributed by atoms with E-state index in [0.29, 0.717) is 50.6 Å². The highest BCUT2D eigenvalue weighted by Crippen LogP contribution is 2.54. The summed E-state index contributed by atoms with van der Waals surface area (Å²) < 4.78 is 17.0. The average molecular weight is 445 g/mol. The first-order valence-corrected chi connectivity index (χ1v) is 11.5. The molecule has 2 aromatic carbocycles. The fourth-order valence-electron chi connectivity index (χ4n) is 5.43. The number of fused-ring (bicyclic) bond motifs is 4. The lowest BCUT2D eigenvalue weighted by molar-refractivity contribution is -0.136. The van der Waals surface area contributed by atoms with E-state index in [2.05, 4.69) is 6.92 Å². The Morgan fingerprint density at radius 3 is 2.73 bits per heavy atom. The number of rotatable bonds is 7. The fourth-order valence-corrected chi connectivity index (χ4v) is 5.43. The standard InChI is InChI=1S/C28H28O5/c1-28-13-12-20-21(18-33-27(20)30)23(28)16-24(29)26-22(28)10-7-11-25(26)32-15-6-5-14-31-17-19-8-3-2-4-9-19/h2-11,23H,12-18H2,1H3/b6-5-/t23-,28+/m0/s1. The molecule has 0 saturated carbocycles. The highest BCUT2D eigenvalue weighted by Gasteiger charge is 2.51. The predicted molar refractivity (Wildman–Crippen MR) is 124 cm³/mol. The van der Waals surface area contributed by atoms with Crippen LogP contribution in [0.1, 0.15) is 47.7 Å². The van der Waals surface area contributed by atoms with E-state index in [1.165, 1.54) is 0 Å². The van der Waals surface area contributed by atoms with Crippen LogP contribution in [0, 0.1) is 5.92 Å². The summed E-state index contributed by atoms with van der Waals surface area (Å²) in [5.41, 5.74) is 4.48. The smallest absolute Gasteiger partial charge is 0.334 e. The quantitative estimate of drug-likeness (QED) is 0.344. The lowest BCUT2D eigenvalue weighted by Gasteiger charge is -2.46. The Balaban J connectivity index is 1.26. The van der Waals surface area contributed by atoms with Gasteiger partial charge < -0.3 is 14.2 Å². The topological polar surface area (TPSA) is 61.8 Å². The molecule has 0 fully saturated rings. The molecule has 0 bridgehead atoms. The highest BCUT2D eigenvalue weighted by molar-refractivity contribution is 6.03. The minimum atomic E-state index is -0.207. The predicted octanol–water partition coefficient (Wildman–Crippen LogP) is 4.95. The Kier molecular flexibility index (Phi) is 5.90. The monoisotopic (exact) mass is 444 g/mol. The van der Waals surface area contributed by atoms with Gasteiger partial charge in [-0.2, -0.15) is 0 Å². The number of ketones is 1. The van der Waals surface area contributed by atoms with Crippen molar-refractivity contribution in [3.05, 3.63) is 88.5 Å². The Labute approximate surface area is 194 Å². The molecule has 2 atom stereocenters. The normalized spacial score (nSPS) is 23.8. The molecule has 0 aromatic heterocycles. The van der Waals surface area contributed by atoms with Crippen molar-refractivity contribution in [2.45, 2.75) is 38.2 Å². The molecule has 3 aliphatic rings. The van der Waals surface area contributed by atoms with Crippen molar-refractivity contribution in [2.75, 3.05) is 19.8 Å². The van der Waals surface area contributed by atoms with Crippen molar-refractivity contribution in [1.29, 1.82) is 0 Å². The van der Waals surface area contributed by atoms with E-state index < -0.39 is 0 Å². The second-order valence-corrected chi connectivity index (χ2v) is 9.14. The Bertz CT molecular complexity index is 1130. The first-order chi connectivity index (χ1) is 16.1. The number of ether oxygens (including phenoxy) is 3. The van der Waals surface area contributed by atoms with Crippen molar-refractivity contribution in [3.63, 3.8) is 0 Å². The number of hydrogen-bond donors (Lipinski definition) is 0. The summed E-state index contributed by atoms with van der Waals surface area (Å²) in [6, 6.07) is 15.9. The molecule has 0 N–H and O–H groups in total. The Morgan fingerprint density at radius 2 is 1.88 bits per heavy atom. The summed E-state index contributed by atoms with van der Waals surface area (Å²) in [6.45, 7) is 3.98. The van der Waals surface area contributed by atoms with Gasteiger partial charge in [0.05, 0.1) is 18.8 Å². The van der Waals surface area contributed by atoms with Gasteiger partial charge in [0.2, 0.25) is 0 Å². The number of cyclic esters (lactones) is 1. The third-order valence-corrected chi connectivity index (χ3v) is 7.21. The van der Waals surface area contributed by atoms with Gasteiger partial charge >= 0.3 is 5.97 Å². The fraction of sp³-hybridized carbons (Fsp3) is 0.357. The van der Waals surface area contributed by atoms with Gasteiger partial charge in [0.25, 0.3) is 0 Å². The van der Waals surface area contributed by atoms with Crippen molar-refractivity contribution in [3.8, 4) is 5.75 Å². The lowest BCUT2D eigenvalue weighted by Crippen LogP contribution is -2.43. The average Bonchev–Trinajstić information content (AvgIpc) is 3.21. The second-order valence-electron chi connectivity index (χ2n) is 9.14. The summed E-state index contributed by atoms with van der Waals surface area (Å²) >= 11 is 0. The number of Topliss-reactive ketones (excluding diaryl/α,β-unsaturated/α-hetero) is 1. The molecule has 1 heterocycles. The lowest BCUT2D eigenvalue weighted by atomic mass is 9.56. The molecular formula is C28H28O5. The van der Waals surface area contributed by atoms with Crippen LogP contribution in [0.4, 0.5) is 0 Å². The van der Waals surface area contributed by atoms with Crippen LogP contribution in [0.3, 0.4) is 0 Å². The van der Waals surface area contributed by atoms with Gasteiger partial charge in [-0.15, -0.1) is 0 Å². The van der Waals surface area contributed by atoms with Gasteiger partial charge in [0.1, 0.15) is 19.0 Å². The second kappa shape index (κ2) is 8.99. The molecule has 170 valence electrons. The highest BCUT2D eigenvalue weighted by atomic mass is 16.5. The zero-order chi connectivity index (χ0) is 22.8. The van der Waals surface area contributed by atoms with Crippen LogP contribution >= 0.6 is 0 Å². The molecule has 0 amide bonds. The zero-order valence-corrected chi connectivity index (χ0v) is 18.8. The summed E-state index contributed by atoms with van der Waals surface area (Å²) in [7, 11) is 0. The van der Waals surface area contributed by atoms with E-state index in [4.69, 9.17) is 14.2 Å². The van der Waals surface area contributed by atoms with Crippen molar-refractivity contribution < 1.29 is 23.8 Å². The maximum atomic E-state index is 13.2. The maximum absolute atomic E-state index is 13.2. The molecule has 0 unspecified atom stereocenters. The van der Waals surface area contributed by atoms with Gasteiger partial charge in [-0.25, -0.2) is 4.79 Å². The summed E-state index contributed by atoms with van der Waals surface area (Å²) in [6.07, 6.45) is 5.77. The maximum Gasteiger partial charge on any atom is 0.334 e. The third-order valence-electron chi connectivity index (χ3n) is 7.21. The van der Waals surface area contributed by atoms with Gasteiger partial charge in [-0.1, -0.05) is 55.5 Å². The van der Waals surface area contributed by atoms with Crippen LogP contribution in [0.15, 0.2) is 71.8 Å². The number of carbonyl (C=O) groups excluding carboxylic acids is 2. The van der Waals surface area contributed by atoms with Gasteiger partial charge in [-0.05, 0) is 41.7 Å². The van der Waals surface area contributed by atoms with Crippen LogP contribution in [-0.2, 0) is 26.3 Å². The van der Waals surface area contributed by atoms with E-state index in [-0.39, 0.29) is 23.1 Å².